The summed E-state index contributed by atoms with van der Waals surface area (Å²) in [6.45, 7) is 5.52. The van der Waals surface area contributed by atoms with Gasteiger partial charge in [-0.2, -0.15) is 0 Å². The first kappa shape index (κ1) is 16.3. The summed E-state index contributed by atoms with van der Waals surface area (Å²) in [6, 6.07) is 9.09. The molecule has 0 radical (unpaired) electrons. The smallest absolute Gasteiger partial charge is 0.338 e. The highest BCUT2D eigenvalue weighted by atomic mass is 32.1. The van der Waals surface area contributed by atoms with Gasteiger partial charge in [-0.05, 0) is 50.1 Å². The Morgan fingerprint density at radius 1 is 1.08 bits per heavy atom. The highest BCUT2D eigenvalue weighted by Crippen LogP contribution is 2.20. The van der Waals surface area contributed by atoms with Crippen LogP contribution in [0.2, 0.25) is 0 Å². The third-order valence-electron chi connectivity index (χ3n) is 3.86. The maximum atomic E-state index is 12.4. The lowest BCUT2D eigenvalue weighted by Crippen LogP contribution is -2.16. The molecule has 0 saturated heterocycles. The van der Waals surface area contributed by atoms with Crippen LogP contribution in [0.15, 0.2) is 35.8 Å². The number of benzene rings is 2. The van der Waals surface area contributed by atoms with E-state index in [0.29, 0.717) is 11.1 Å². The van der Waals surface area contributed by atoms with Crippen molar-refractivity contribution in [3.8, 4) is 0 Å². The minimum Gasteiger partial charge on any atom is -0.454 e. The van der Waals surface area contributed by atoms with Gasteiger partial charge >= 0.3 is 5.97 Å². The molecule has 0 atom stereocenters. The van der Waals surface area contributed by atoms with Crippen molar-refractivity contribution in [3.63, 3.8) is 0 Å². The van der Waals surface area contributed by atoms with Gasteiger partial charge in [0.25, 0.3) is 0 Å². The number of fused-ring (bicyclic) bond motifs is 1. The number of hydrogen-bond donors (Lipinski definition) is 0. The third-order valence-corrected chi connectivity index (χ3v) is 4.65. The standard InChI is InChI=1S/C19H17NO3S/c1-11-6-12(2)18(13(3)7-11)16(21)9-23-19(22)14-4-5-15-17(8-14)24-10-20-15/h4-8,10H,9H2,1-3H3. The van der Waals surface area contributed by atoms with Crippen molar-refractivity contribution in [2.75, 3.05) is 6.61 Å². The molecule has 0 unspecified atom stereocenters. The van der Waals surface area contributed by atoms with Crippen molar-refractivity contribution in [1.29, 1.82) is 0 Å². The molecule has 1 aromatic heterocycles. The Hall–Kier alpha value is -2.53. The SMILES string of the molecule is Cc1cc(C)c(C(=O)COC(=O)c2ccc3ncsc3c2)c(C)c1. The summed E-state index contributed by atoms with van der Waals surface area (Å²) in [7, 11) is 0. The van der Waals surface area contributed by atoms with Gasteiger partial charge in [-0.15, -0.1) is 11.3 Å². The van der Waals surface area contributed by atoms with E-state index in [2.05, 4.69) is 4.98 Å². The number of thiazole rings is 1. The first-order valence-electron chi connectivity index (χ1n) is 7.57. The van der Waals surface area contributed by atoms with Crippen LogP contribution in [-0.4, -0.2) is 23.3 Å². The molecule has 0 aliphatic rings. The van der Waals surface area contributed by atoms with Gasteiger partial charge in [0, 0.05) is 5.56 Å². The third kappa shape index (κ3) is 3.21. The monoisotopic (exact) mass is 339 g/mol. The fraction of sp³-hybridized carbons (Fsp3) is 0.211. The first-order valence-corrected chi connectivity index (χ1v) is 8.45. The molecule has 0 aliphatic heterocycles. The zero-order valence-electron chi connectivity index (χ0n) is 13.8. The van der Waals surface area contributed by atoms with Crippen molar-refractivity contribution in [1.82, 2.24) is 4.98 Å². The van der Waals surface area contributed by atoms with E-state index < -0.39 is 5.97 Å². The molecular formula is C19H17NO3S. The molecule has 3 rings (SSSR count). The Morgan fingerprint density at radius 2 is 1.79 bits per heavy atom. The Labute approximate surface area is 144 Å². The van der Waals surface area contributed by atoms with Crippen molar-refractivity contribution in [2.24, 2.45) is 0 Å². The first-order chi connectivity index (χ1) is 11.5. The molecule has 24 heavy (non-hydrogen) atoms. The molecule has 0 fully saturated rings. The molecule has 0 amide bonds. The van der Waals surface area contributed by atoms with Crippen LogP contribution in [0.1, 0.15) is 37.4 Å². The van der Waals surface area contributed by atoms with Crippen LogP contribution >= 0.6 is 11.3 Å². The van der Waals surface area contributed by atoms with Gasteiger partial charge in [-0.25, -0.2) is 9.78 Å². The van der Waals surface area contributed by atoms with Gasteiger partial charge in [0.1, 0.15) is 0 Å². The molecule has 0 spiro atoms. The van der Waals surface area contributed by atoms with E-state index in [0.717, 1.165) is 26.9 Å². The van der Waals surface area contributed by atoms with E-state index in [1.54, 1.807) is 23.7 Å². The van der Waals surface area contributed by atoms with Crippen molar-refractivity contribution < 1.29 is 14.3 Å². The number of nitrogens with zero attached hydrogens (tertiary/aromatic N) is 1. The van der Waals surface area contributed by atoms with Crippen molar-refractivity contribution in [2.45, 2.75) is 20.8 Å². The Bertz CT molecular complexity index is 920. The fourth-order valence-electron chi connectivity index (χ4n) is 2.89. The summed E-state index contributed by atoms with van der Waals surface area (Å²) >= 11 is 1.46. The Balaban J connectivity index is 1.73. The summed E-state index contributed by atoms with van der Waals surface area (Å²) in [5.41, 5.74) is 6.55. The highest BCUT2D eigenvalue weighted by molar-refractivity contribution is 7.16. The van der Waals surface area contributed by atoms with Gasteiger partial charge in [0.2, 0.25) is 5.78 Å². The molecule has 2 aromatic carbocycles. The quantitative estimate of drug-likeness (QED) is 0.526. The van der Waals surface area contributed by atoms with Gasteiger partial charge < -0.3 is 4.74 Å². The maximum absolute atomic E-state index is 12.4. The molecule has 0 bridgehead atoms. The van der Waals surface area contributed by atoms with Gasteiger partial charge in [-0.1, -0.05) is 17.7 Å². The normalized spacial score (nSPS) is 10.8. The van der Waals surface area contributed by atoms with Crippen molar-refractivity contribution >= 4 is 33.3 Å². The van der Waals surface area contributed by atoms with Crippen molar-refractivity contribution in [3.05, 3.63) is 63.7 Å². The lowest BCUT2D eigenvalue weighted by Gasteiger charge is -2.10. The summed E-state index contributed by atoms with van der Waals surface area (Å²) in [6.07, 6.45) is 0. The van der Waals surface area contributed by atoms with Crippen LogP contribution in [-0.2, 0) is 4.74 Å². The van der Waals surface area contributed by atoms with E-state index >= 15 is 0 Å². The Morgan fingerprint density at radius 3 is 2.50 bits per heavy atom. The second-order valence-corrected chi connectivity index (χ2v) is 6.69. The topological polar surface area (TPSA) is 56.3 Å². The van der Waals surface area contributed by atoms with Crippen LogP contribution in [0, 0.1) is 20.8 Å². The Kier molecular flexibility index (Phi) is 4.44. The lowest BCUT2D eigenvalue weighted by molar-refractivity contribution is 0.0474. The number of aryl methyl sites for hydroxylation is 3. The molecule has 0 saturated carbocycles. The molecule has 4 nitrogen and oxygen atoms in total. The number of hydrogen-bond acceptors (Lipinski definition) is 5. The predicted octanol–water partition coefficient (Wildman–Crippen LogP) is 4.26. The second kappa shape index (κ2) is 6.53. The molecule has 0 aliphatic carbocycles. The van der Waals surface area contributed by atoms with Gasteiger partial charge in [0.15, 0.2) is 6.61 Å². The summed E-state index contributed by atoms with van der Waals surface area (Å²) in [5, 5.41) is 0. The average molecular weight is 339 g/mol. The number of rotatable bonds is 4. The van der Waals surface area contributed by atoms with Crippen LogP contribution in [0.3, 0.4) is 0 Å². The minimum absolute atomic E-state index is 0.183. The fourth-order valence-corrected chi connectivity index (χ4v) is 3.60. The van der Waals surface area contributed by atoms with E-state index in [-0.39, 0.29) is 12.4 Å². The number of aromatic nitrogens is 1. The van der Waals surface area contributed by atoms with Crippen LogP contribution in [0.4, 0.5) is 0 Å². The highest BCUT2D eigenvalue weighted by Gasteiger charge is 2.16. The molecule has 122 valence electrons. The number of Topliss-reactive ketones (excluding diaryl/α,β-unsaturated/α-hetero) is 1. The van der Waals surface area contributed by atoms with E-state index in [1.165, 1.54) is 11.3 Å². The number of ketones is 1. The van der Waals surface area contributed by atoms with E-state index in [4.69, 9.17) is 4.74 Å². The largest absolute Gasteiger partial charge is 0.454 e. The summed E-state index contributed by atoms with van der Waals surface area (Å²) in [5.74, 6) is -0.682. The van der Waals surface area contributed by atoms with E-state index in [9.17, 15) is 9.59 Å². The van der Waals surface area contributed by atoms with Gasteiger partial charge in [0.05, 0.1) is 21.3 Å². The summed E-state index contributed by atoms with van der Waals surface area (Å²) < 4.78 is 6.12. The number of carbonyl (C=O) groups excluding carboxylic acids is 2. The van der Waals surface area contributed by atoms with Crippen LogP contribution in [0.5, 0.6) is 0 Å². The molecule has 3 aromatic rings. The second-order valence-electron chi connectivity index (χ2n) is 5.81. The molecule has 5 heteroatoms. The van der Waals surface area contributed by atoms with Gasteiger partial charge in [-0.3, -0.25) is 4.79 Å². The molecule has 0 N–H and O–H groups in total. The molecular weight excluding hydrogens is 322 g/mol. The lowest BCUT2D eigenvalue weighted by atomic mass is 9.97. The predicted molar refractivity (Wildman–Crippen MR) is 94.9 cm³/mol. The van der Waals surface area contributed by atoms with Crippen LogP contribution < -0.4 is 0 Å². The van der Waals surface area contributed by atoms with E-state index in [1.807, 2.05) is 32.9 Å². The summed E-state index contributed by atoms with van der Waals surface area (Å²) in [4.78, 5) is 28.8. The maximum Gasteiger partial charge on any atom is 0.338 e. The van der Waals surface area contributed by atoms with Crippen LogP contribution in [0.25, 0.3) is 10.2 Å². The zero-order valence-corrected chi connectivity index (χ0v) is 14.6. The number of ether oxygens (including phenoxy) is 1. The average Bonchev–Trinajstić information content (AvgIpc) is 2.99. The number of carbonyl (C=O) groups is 2. The molecule has 1 heterocycles. The minimum atomic E-state index is -0.499. The zero-order chi connectivity index (χ0) is 17.3. The number of esters is 1.